The fraction of sp³-hybridized carbons (Fsp3) is 0.200. The lowest BCUT2D eigenvalue weighted by Gasteiger charge is -2.11. The molecule has 0 spiro atoms. The first-order valence-electron chi connectivity index (χ1n) is 6.65. The number of anilines is 1. The molecule has 2 heterocycles. The van der Waals surface area contributed by atoms with Crippen LogP contribution in [-0.2, 0) is 4.74 Å². The van der Waals surface area contributed by atoms with Crippen LogP contribution in [0, 0.1) is 0 Å². The van der Waals surface area contributed by atoms with Gasteiger partial charge in [-0.3, -0.25) is 0 Å². The maximum atomic E-state index is 12.1. The number of carbonyl (C=O) groups excluding carboxylic acids is 1. The van der Waals surface area contributed by atoms with Gasteiger partial charge in [-0.25, -0.2) is 4.79 Å². The van der Waals surface area contributed by atoms with Crippen molar-refractivity contribution >= 4 is 51.7 Å². The third-order valence-corrected chi connectivity index (χ3v) is 4.79. The van der Waals surface area contributed by atoms with E-state index in [0.29, 0.717) is 28.8 Å². The largest absolute Gasteiger partial charge is 0.462 e. The lowest BCUT2D eigenvalue weighted by Crippen LogP contribution is -2.29. The van der Waals surface area contributed by atoms with Gasteiger partial charge in [0.05, 0.1) is 12.3 Å². The molecule has 2 rings (SSSR count). The number of carbonyl (C=O) groups is 1. The van der Waals surface area contributed by atoms with Gasteiger partial charge in [-0.05, 0) is 30.6 Å². The molecule has 0 atom stereocenters. The molecule has 0 bridgehead atoms. The summed E-state index contributed by atoms with van der Waals surface area (Å²) in [4.78, 5) is 13.7. The molecule has 0 fully saturated rings. The molecule has 2 aromatic heterocycles. The van der Waals surface area contributed by atoms with Crippen LogP contribution in [0.5, 0.6) is 0 Å². The van der Waals surface area contributed by atoms with Gasteiger partial charge in [0, 0.05) is 22.4 Å². The Bertz CT molecular complexity index is 662. The molecule has 0 aromatic carbocycles. The summed E-state index contributed by atoms with van der Waals surface area (Å²) >= 11 is 8.21. The highest BCUT2D eigenvalue weighted by molar-refractivity contribution is 7.80. The summed E-state index contributed by atoms with van der Waals surface area (Å²) in [5, 5.41) is 10.5. The average Bonchev–Trinajstić information content (AvgIpc) is 3.14. The summed E-state index contributed by atoms with van der Waals surface area (Å²) in [6.07, 6.45) is 1.72. The number of hydrogen-bond donors (Lipinski definition) is 2. The number of rotatable bonds is 6. The molecule has 0 aliphatic rings. The number of esters is 1. The van der Waals surface area contributed by atoms with Crippen LogP contribution in [0.1, 0.15) is 16.6 Å². The Morgan fingerprint density at radius 3 is 2.95 bits per heavy atom. The van der Waals surface area contributed by atoms with Crippen molar-refractivity contribution in [1.29, 1.82) is 0 Å². The van der Waals surface area contributed by atoms with E-state index in [1.807, 2.05) is 22.9 Å². The van der Waals surface area contributed by atoms with Gasteiger partial charge in [0.1, 0.15) is 4.88 Å². The summed E-state index contributed by atoms with van der Waals surface area (Å²) < 4.78 is 5.12. The highest BCUT2D eigenvalue weighted by Gasteiger charge is 2.21. The van der Waals surface area contributed by atoms with Gasteiger partial charge in [-0.15, -0.1) is 29.3 Å². The van der Waals surface area contributed by atoms with Crippen molar-refractivity contribution in [2.75, 3.05) is 18.5 Å². The van der Waals surface area contributed by atoms with Crippen LogP contribution in [-0.4, -0.2) is 24.2 Å². The Morgan fingerprint density at radius 1 is 1.50 bits per heavy atom. The lowest BCUT2D eigenvalue weighted by molar-refractivity contribution is 0.0533. The predicted molar refractivity (Wildman–Crippen MR) is 98.0 cm³/mol. The number of ether oxygens (including phenoxy) is 1. The smallest absolute Gasteiger partial charge is 0.350 e. The van der Waals surface area contributed by atoms with Crippen LogP contribution in [0.2, 0.25) is 0 Å². The summed E-state index contributed by atoms with van der Waals surface area (Å²) in [5.74, 6) is -0.343. The first kappa shape index (κ1) is 16.7. The summed E-state index contributed by atoms with van der Waals surface area (Å²) in [6.45, 7) is 6.32. The molecule has 116 valence electrons. The predicted octanol–water partition coefficient (Wildman–Crippen LogP) is 4.13. The van der Waals surface area contributed by atoms with E-state index in [-0.39, 0.29) is 5.97 Å². The fourth-order valence-electron chi connectivity index (χ4n) is 1.76. The van der Waals surface area contributed by atoms with E-state index in [2.05, 4.69) is 17.2 Å². The van der Waals surface area contributed by atoms with Crippen molar-refractivity contribution in [1.82, 2.24) is 5.32 Å². The van der Waals surface area contributed by atoms with Gasteiger partial charge in [-0.2, -0.15) is 0 Å². The minimum atomic E-state index is -0.343. The maximum absolute atomic E-state index is 12.1. The molecular weight excluding hydrogens is 336 g/mol. The monoisotopic (exact) mass is 352 g/mol. The van der Waals surface area contributed by atoms with Gasteiger partial charge in [0.2, 0.25) is 0 Å². The molecule has 0 unspecified atom stereocenters. The van der Waals surface area contributed by atoms with Gasteiger partial charge in [0.15, 0.2) is 5.11 Å². The van der Waals surface area contributed by atoms with E-state index >= 15 is 0 Å². The Balaban J connectivity index is 2.33. The molecule has 0 amide bonds. The van der Waals surface area contributed by atoms with Crippen LogP contribution in [0.4, 0.5) is 5.69 Å². The van der Waals surface area contributed by atoms with Crippen molar-refractivity contribution in [3.05, 3.63) is 40.4 Å². The first-order chi connectivity index (χ1) is 10.7. The second kappa shape index (κ2) is 8.07. The zero-order valence-electron chi connectivity index (χ0n) is 12.0. The molecule has 7 heteroatoms. The molecule has 0 radical (unpaired) electrons. The maximum Gasteiger partial charge on any atom is 0.350 e. The zero-order valence-corrected chi connectivity index (χ0v) is 14.5. The molecule has 0 saturated carbocycles. The van der Waals surface area contributed by atoms with Gasteiger partial charge in [-0.1, -0.05) is 12.1 Å². The van der Waals surface area contributed by atoms with Gasteiger partial charge < -0.3 is 15.4 Å². The third kappa shape index (κ3) is 3.94. The molecular formula is C15H16N2O2S3. The highest BCUT2D eigenvalue weighted by atomic mass is 32.1. The fourth-order valence-corrected chi connectivity index (χ4v) is 3.69. The Hall–Kier alpha value is -1.70. The van der Waals surface area contributed by atoms with Crippen LogP contribution < -0.4 is 10.6 Å². The zero-order chi connectivity index (χ0) is 15.9. The Kier molecular flexibility index (Phi) is 6.11. The number of thiophene rings is 2. The quantitative estimate of drug-likeness (QED) is 0.465. The third-order valence-electron chi connectivity index (χ3n) is 2.68. The van der Waals surface area contributed by atoms with Crippen molar-refractivity contribution in [2.24, 2.45) is 0 Å². The van der Waals surface area contributed by atoms with Crippen LogP contribution >= 0.6 is 34.9 Å². The number of nitrogens with one attached hydrogen (secondary N) is 2. The Labute approximate surface area is 142 Å². The van der Waals surface area contributed by atoms with Gasteiger partial charge >= 0.3 is 5.97 Å². The van der Waals surface area contributed by atoms with E-state index in [1.165, 1.54) is 11.3 Å². The van der Waals surface area contributed by atoms with Crippen molar-refractivity contribution < 1.29 is 9.53 Å². The van der Waals surface area contributed by atoms with Crippen LogP contribution in [0.25, 0.3) is 10.4 Å². The second-order valence-electron chi connectivity index (χ2n) is 4.17. The van der Waals surface area contributed by atoms with E-state index in [9.17, 15) is 4.79 Å². The standard InChI is InChI=1S/C15H16N2O2S3/c1-3-7-16-15(20)17-12-10(11-6-5-8-21-11)9-22-13(12)14(18)19-4-2/h3,5-6,8-9H,1,4,7H2,2H3,(H2,16,17,20). The molecule has 2 aromatic rings. The summed E-state index contributed by atoms with van der Waals surface area (Å²) in [7, 11) is 0. The van der Waals surface area contributed by atoms with Crippen LogP contribution in [0.15, 0.2) is 35.5 Å². The second-order valence-corrected chi connectivity index (χ2v) is 6.41. The topological polar surface area (TPSA) is 50.4 Å². The minimum Gasteiger partial charge on any atom is -0.462 e. The van der Waals surface area contributed by atoms with E-state index in [4.69, 9.17) is 17.0 Å². The SMILES string of the molecule is C=CCNC(=S)Nc1c(-c2cccs2)csc1C(=O)OCC. The van der Waals surface area contributed by atoms with Crippen molar-refractivity contribution in [3.63, 3.8) is 0 Å². The Morgan fingerprint density at radius 2 is 2.32 bits per heavy atom. The van der Waals surface area contributed by atoms with Crippen molar-refractivity contribution in [2.45, 2.75) is 6.92 Å². The van der Waals surface area contributed by atoms with E-state index in [0.717, 1.165) is 10.4 Å². The van der Waals surface area contributed by atoms with Gasteiger partial charge in [0.25, 0.3) is 0 Å². The minimum absolute atomic E-state index is 0.337. The number of thiocarbonyl (C=S) groups is 1. The molecule has 0 aliphatic heterocycles. The summed E-state index contributed by atoms with van der Waals surface area (Å²) in [5.41, 5.74) is 1.64. The van der Waals surface area contributed by atoms with E-state index < -0.39 is 0 Å². The first-order valence-corrected chi connectivity index (χ1v) is 8.82. The lowest BCUT2D eigenvalue weighted by atomic mass is 10.2. The van der Waals surface area contributed by atoms with E-state index in [1.54, 1.807) is 24.3 Å². The molecule has 2 N–H and O–H groups in total. The summed E-state index contributed by atoms with van der Waals surface area (Å²) in [6, 6.07) is 3.98. The molecule has 0 aliphatic carbocycles. The molecule has 0 saturated heterocycles. The highest BCUT2D eigenvalue weighted by Crippen LogP contribution is 2.38. The number of hydrogen-bond acceptors (Lipinski definition) is 5. The van der Waals surface area contributed by atoms with Crippen LogP contribution in [0.3, 0.4) is 0 Å². The average molecular weight is 353 g/mol. The molecule has 22 heavy (non-hydrogen) atoms. The normalized spacial score (nSPS) is 10.0. The molecule has 4 nitrogen and oxygen atoms in total. The van der Waals surface area contributed by atoms with Crippen molar-refractivity contribution in [3.8, 4) is 10.4 Å².